The number of benzene rings is 2. The normalized spacial score (nSPS) is 10.4. The maximum atomic E-state index is 13.4. The minimum Gasteiger partial charge on any atom is -0.294 e. The van der Waals surface area contributed by atoms with E-state index in [1.165, 1.54) is 6.07 Å². The molecule has 0 bridgehead atoms. The van der Waals surface area contributed by atoms with Gasteiger partial charge in [0.1, 0.15) is 5.82 Å². The second kappa shape index (κ2) is 5.44. The van der Waals surface area contributed by atoms with Crippen LogP contribution >= 0.6 is 15.9 Å². The second-order valence-electron chi connectivity index (χ2n) is 4.16. The summed E-state index contributed by atoms with van der Waals surface area (Å²) in [5.74, 6) is -0.407. The molecule has 2 rings (SSSR count). The average Bonchev–Trinajstić information content (AvgIpc) is 2.35. The standard InChI is InChI=1S/C15H12BrFO/c1-10-8-12(6-7-13(10)16)15(18)9-11-4-2-3-5-14(11)17/h2-8H,9H2,1H3. The first-order valence-electron chi connectivity index (χ1n) is 5.60. The zero-order valence-corrected chi connectivity index (χ0v) is 11.5. The highest BCUT2D eigenvalue weighted by Gasteiger charge is 2.10. The Morgan fingerprint density at radius 3 is 2.61 bits per heavy atom. The van der Waals surface area contributed by atoms with Gasteiger partial charge in [0.25, 0.3) is 0 Å². The van der Waals surface area contributed by atoms with Crippen molar-refractivity contribution in [3.63, 3.8) is 0 Å². The Morgan fingerprint density at radius 1 is 1.22 bits per heavy atom. The Balaban J connectivity index is 2.22. The molecule has 0 aromatic heterocycles. The zero-order chi connectivity index (χ0) is 13.1. The summed E-state index contributed by atoms with van der Waals surface area (Å²) < 4.78 is 14.4. The molecule has 0 aliphatic carbocycles. The molecule has 0 saturated heterocycles. The quantitative estimate of drug-likeness (QED) is 0.772. The molecular formula is C15H12BrFO. The molecule has 0 heterocycles. The van der Waals surface area contributed by atoms with Crippen molar-refractivity contribution in [2.24, 2.45) is 0 Å². The summed E-state index contributed by atoms with van der Waals surface area (Å²) in [6.07, 6.45) is 0.0910. The lowest BCUT2D eigenvalue weighted by molar-refractivity contribution is 0.0991. The third-order valence-electron chi connectivity index (χ3n) is 2.79. The first-order valence-corrected chi connectivity index (χ1v) is 6.40. The van der Waals surface area contributed by atoms with Crippen LogP contribution < -0.4 is 0 Å². The highest BCUT2D eigenvalue weighted by molar-refractivity contribution is 9.10. The molecule has 18 heavy (non-hydrogen) atoms. The number of hydrogen-bond acceptors (Lipinski definition) is 1. The molecule has 0 atom stereocenters. The van der Waals surface area contributed by atoms with E-state index in [-0.39, 0.29) is 18.0 Å². The van der Waals surface area contributed by atoms with E-state index in [1.54, 1.807) is 24.3 Å². The van der Waals surface area contributed by atoms with Crippen LogP contribution in [-0.4, -0.2) is 5.78 Å². The van der Waals surface area contributed by atoms with E-state index < -0.39 is 0 Å². The van der Waals surface area contributed by atoms with Crippen LogP contribution in [0.1, 0.15) is 21.5 Å². The van der Waals surface area contributed by atoms with Crippen LogP contribution in [0.5, 0.6) is 0 Å². The van der Waals surface area contributed by atoms with Crippen molar-refractivity contribution in [3.8, 4) is 0 Å². The molecule has 0 spiro atoms. The summed E-state index contributed by atoms with van der Waals surface area (Å²) in [7, 11) is 0. The van der Waals surface area contributed by atoms with Crippen molar-refractivity contribution >= 4 is 21.7 Å². The predicted molar refractivity (Wildman–Crippen MR) is 73.3 cm³/mol. The molecule has 0 radical (unpaired) electrons. The minimum atomic E-state index is -0.334. The Morgan fingerprint density at radius 2 is 1.94 bits per heavy atom. The average molecular weight is 307 g/mol. The molecular weight excluding hydrogens is 295 g/mol. The zero-order valence-electron chi connectivity index (χ0n) is 9.91. The fraction of sp³-hybridized carbons (Fsp3) is 0.133. The molecule has 0 fully saturated rings. The maximum Gasteiger partial charge on any atom is 0.167 e. The Hall–Kier alpha value is -1.48. The number of aryl methyl sites for hydroxylation is 1. The smallest absolute Gasteiger partial charge is 0.167 e. The Labute approximate surface area is 114 Å². The summed E-state index contributed by atoms with van der Waals surface area (Å²) in [6, 6.07) is 11.8. The molecule has 92 valence electrons. The monoisotopic (exact) mass is 306 g/mol. The van der Waals surface area contributed by atoms with Crippen molar-refractivity contribution in [1.82, 2.24) is 0 Å². The SMILES string of the molecule is Cc1cc(C(=O)Cc2ccccc2F)ccc1Br. The first-order chi connectivity index (χ1) is 8.58. The van der Waals surface area contributed by atoms with Crippen molar-refractivity contribution in [3.05, 3.63) is 69.4 Å². The van der Waals surface area contributed by atoms with Crippen LogP contribution in [-0.2, 0) is 6.42 Å². The van der Waals surface area contributed by atoms with Crippen molar-refractivity contribution in [1.29, 1.82) is 0 Å². The minimum absolute atomic E-state index is 0.0734. The van der Waals surface area contributed by atoms with Gasteiger partial charge in [0.15, 0.2) is 5.78 Å². The number of ketones is 1. The molecule has 0 aliphatic heterocycles. The van der Waals surface area contributed by atoms with Crippen molar-refractivity contribution < 1.29 is 9.18 Å². The highest BCUT2D eigenvalue weighted by atomic mass is 79.9. The van der Waals surface area contributed by atoms with Crippen molar-refractivity contribution in [2.45, 2.75) is 13.3 Å². The predicted octanol–water partition coefficient (Wildman–Crippen LogP) is 4.32. The fourth-order valence-corrected chi connectivity index (χ4v) is 1.98. The van der Waals surface area contributed by atoms with Crippen LogP contribution in [0.2, 0.25) is 0 Å². The van der Waals surface area contributed by atoms with Gasteiger partial charge in [-0.15, -0.1) is 0 Å². The molecule has 1 nitrogen and oxygen atoms in total. The van der Waals surface area contributed by atoms with E-state index in [0.717, 1.165) is 10.0 Å². The number of rotatable bonds is 3. The van der Waals surface area contributed by atoms with E-state index in [4.69, 9.17) is 0 Å². The van der Waals surface area contributed by atoms with Gasteiger partial charge in [0, 0.05) is 16.5 Å². The molecule has 3 heteroatoms. The lowest BCUT2D eigenvalue weighted by atomic mass is 10.0. The van der Waals surface area contributed by atoms with E-state index in [1.807, 2.05) is 19.1 Å². The third-order valence-corrected chi connectivity index (χ3v) is 3.68. The highest BCUT2D eigenvalue weighted by Crippen LogP contribution is 2.18. The van der Waals surface area contributed by atoms with Gasteiger partial charge in [0.05, 0.1) is 0 Å². The first kappa shape index (κ1) is 13.0. The van der Waals surface area contributed by atoms with E-state index in [2.05, 4.69) is 15.9 Å². The molecule has 0 aliphatic rings. The molecule has 2 aromatic rings. The molecule has 2 aromatic carbocycles. The summed E-state index contributed by atoms with van der Waals surface area (Å²) in [4.78, 5) is 12.0. The topological polar surface area (TPSA) is 17.1 Å². The Kier molecular flexibility index (Phi) is 3.92. The van der Waals surface area contributed by atoms with Gasteiger partial charge in [-0.25, -0.2) is 4.39 Å². The number of Topliss-reactive ketones (excluding diaryl/α,β-unsaturated/α-hetero) is 1. The molecule has 0 N–H and O–H groups in total. The maximum absolute atomic E-state index is 13.4. The Bertz CT molecular complexity index is 593. The van der Waals surface area contributed by atoms with Crippen molar-refractivity contribution in [2.75, 3.05) is 0 Å². The number of carbonyl (C=O) groups is 1. The third kappa shape index (κ3) is 2.85. The summed E-state index contributed by atoms with van der Waals surface area (Å²) in [5.41, 5.74) is 2.04. The lowest BCUT2D eigenvalue weighted by Gasteiger charge is -2.05. The van der Waals surface area contributed by atoms with Gasteiger partial charge in [-0.1, -0.05) is 40.2 Å². The molecule has 0 saturated carbocycles. The number of carbonyl (C=O) groups excluding carboxylic acids is 1. The lowest BCUT2D eigenvalue weighted by Crippen LogP contribution is -2.05. The van der Waals surface area contributed by atoms with E-state index in [0.29, 0.717) is 11.1 Å². The van der Waals surface area contributed by atoms with Crippen LogP contribution in [0, 0.1) is 12.7 Å². The van der Waals surface area contributed by atoms with Gasteiger partial charge >= 0.3 is 0 Å². The van der Waals surface area contributed by atoms with Crippen LogP contribution in [0.3, 0.4) is 0 Å². The fourth-order valence-electron chi connectivity index (χ4n) is 1.73. The van der Waals surface area contributed by atoms with Crippen LogP contribution in [0.25, 0.3) is 0 Å². The molecule has 0 unspecified atom stereocenters. The van der Waals surface area contributed by atoms with Gasteiger partial charge in [-0.3, -0.25) is 4.79 Å². The number of hydrogen-bond donors (Lipinski definition) is 0. The van der Waals surface area contributed by atoms with Gasteiger partial charge in [0.2, 0.25) is 0 Å². The second-order valence-corrected chi connectivity index (χ2v) is 5.01. The summed E-state index contributed by atoms with van der Waals surface area (Å²) in [5, 5.41) is 0. The van der Waals surface area contributed by atoms with Gasteiger partial charge in [-0.05, 0) is 36.2 Å². The summed E-state index contributed by atoms with van der Waals surface area (Å²) in [6.45, 7) is 1.92. The largest absolute Gasteiger partial charge is 0.294 e. The van der Waals surface area contributed by atoms with Crippen LogP contribution in [0.15, 0.2) is 46.9 Å². The van der Waals surface area contributed by atoms with E-state index >= 15 is 0 Å². The van der Waals surface area contributed by atoms with E-state index in [9.17, 15) is 9.18 Å². The molecule has 0 amide bonds. The summed E-state index contributed by atoms with van der Waals surface area (Å²) >= 11 is 3.39. The van der Waals surface area contributed by atoms with Gasteiger partial charge in [-0.2, -0.15) is 0 Å². The van der Waals surface area contributed by atoms with Gasteiger partial charge < -0.3 is 0 Å². The number of halogens is 2. The van der Waals surface area contributed by atoms with Crippen LogP contribution in [0.4, 0.5) is 4.39 Å².